The van der Waals surface area contributed by atoms with Crippen LogP contribution in [-0.4, -0.2) is 17.2 Å². The van der Waals surface area contributed by atoms with Gasteiger partial charge in [-0.05, 0) is 42.5 Å². The summed E-state index contributed by atoms with van der Waals surface area (Å²) in [4.78, 5) is 5.08. The van der Waals surface area contributed by atoms with Crippen molar-refractivity contribution < 1.29 is 9.84 Å². The number of phenols is 1. The SMILES string of the molecule is COc1cccc(CNc2ccc(S)cc2)c1O.Nc1cnc2ccccc2c1. The van der Waals surface area contributed by atoms with Gasteiger partial charge in [0, 0.05) is 28.1 Å². The topological polar surface area (TPSA) is 80.4 Å². The average Bonchev–Trinajstić information content (AvgIpc) is 2.74. The van der Waals surface area contributed by atoms with Gasteiger partial charge in [0.15, 0.2) is 11.5 Å². The molecule has 0 aliphatic rings. The van der Waals surface area contributed by atoms with Crippen molar-refractivity contribution in [3.05, 3.63) is 84.6 Å². The van der Waals surface area contributed by atoms with Gasteiger partial charge in [-0.2, -0.15) is 0 Å². The predicted molar refractivity (Wildman–Crippen MR) is 122 cm³/mol. The van der Waals surface area contributed by atoms with Crippen LogP contribution in [0.1, 0.15) is 5.56 Å². The first-order valence-electron chi connectivity index (χ1n) is 9.05. The van der Waals surface area contributed by atoms with Gasteiger partial charge >= 0.3 is 0 Å². The number of anilines is 2. The molecular formula is C23H23N3O2S. The minimum atomic E-state index is 0.179. The number of thiol groups is 1. The lowest BCUT2D eigenvalue weighted by atomic mass is 10.2. The summed E-state index contributed by atoms with van der Waals surface area (Å²) in [6.45, 7) is 0.537. The summed E-state index contributed by atoms with van der Waals surface area (Å²) in [6, 6.07) is 23.0. The Hall–Kier alpha value is -3.38. The Balaban J connectivity index is 0.000000186. The van der Waals surface area contributed by atoms with Crippen LogP contribution in [0.3, 0.4) is 0 Å². The molecule has 4 aromatic rings. The van der Waals surface area contributed by atoms with Crippen LogP contribution < -0.4 is 15.8 Å². The number of methoxy groups -OCH3 is 1. The molecule has 5 nitrogen and oxygen atoms in total. The highest BCUT2D eigenvalue weighted by Crippen LogP contribution is 2.29. The lowest BCUT2D eigenvalue weighted by Crippen LogP contribution is -2.00. The van der Waals surface area contributed by atoms with E-state index in [0.717, 1.165) is 27.0 Å². The number of rotatable bonds is 4. The first-order chi connectivity index (χ1) is 14.1. The zero-order valence-corrected chi connectivity index (χ0v) is 16.9. The van der Waals surface area contributed by atoms with Crippen molar-refractivity contribution in [2.24, 2.45) is 0 Å². The molecule has 148 valence electrons. The largest absolute Gasteiger partial charge is 0.504 e. The Morgan fingerprint density at radius 3 is 2.55 bits per heavy atom. The van der Waals surface area contributed by atoms with Gasteiger partial charge in [0.25, 0.3) is 0 Å². The molecule has 0 aliphatic heterocycles. The number of aromatic nitrogens is 1. The molecule has 0 spiro atoms. The van der Waals surface area contributed by atoms with Gasteiger partial charge in [-0.1, -0.05) is 30.3 Å². The summed E-state index contributed by atoms with van der Waals surface area (Å²) in [5.41, 5.74) is 9.04. The van der Waals surface area contributed by atoms with E-state index in [4.69, 9.17) is 10.5 Å². The molecule has 4 rings (SSSR count). The van der Waals surface area contributed by atoms with Gasteiger partial charge in [-0.15, -0.1) is 12.6 Å². The Labute approximate surface area is 175 Å². The normalized spacial score (nSPS) is 10.1. The lowest BCUT2D eigenvalue weighted by Gasteiger charge is -2.10. The minimum absolute atomic E-state index is 0.179. The monoisotopic (exact) mass is 405 g/mol. The fraction of sp³-hybridized carbons (Fsp3) is 0.0870. The van der Waals surface area contributed by atoms with Crippen LogP contribution in [0, 0.1) is 0 Å². The predicted octanol–water partition coefficient (Wildman–Crippen LogP) is 5.12. The van der Waals surface area contributed by atoms with E-state index >= 15 is 0 Å². The number of benzene rings is 3. The molecule has 6 heteroatoms. The molecule has 0 atom stereocenters. The molecule has 4 N–H and O–H groups in total. The Kier molecular flexibility index (Phi) is 6.81. The smallest absolute Gasteiger partial charge is 0.162 e. The van der Waals surface area contributed by atoms with Crippen molar-refractivity contribution in [2.45, 2.75) is 11.4 Å². The zero-order valence-electron chi connectivity index (χ0n) is 16.0. The van der Waals surface area contributed by atoms with E-state index in [1.165, 1.54) is 7.11 Å². The summed E-state index contributed by atoms with van der Waals surface area (Å²) in [6.07, 6.45) is 1.67. The number of ether oxygens (including phenoxy) is 1. The number of nitrogens with one attached hydrogen (secondary N) is 1. The Morgan fingerprint density at radius 1 is 1.03 bits per heavy atom. The summed E-state index contributed by atoms with van der Waals surface area (Å²) in [5.74, 6) is 0.665. The highest BCUT2D eigenvalue weighted by atomic mass is 32.1. The second-order valence-electron chi connectivity index (χ2n) is 6.33. The van der Waals surface area contributed by atoms with Gasteiger partial charge < -0.3 is 20.9 Å². The Morgan fingerprint density at radius 2 is 1.79 bits per heavy atom. The number of hydrogen-bond acceptors (Lipinski definition) is 6. The first-order valence-corrected chi connectivity index (χ1v) is 9.49. The van der Waals surface area contributed by atoms with Crippen molar-refractivity contribution >= 4 is 34.9 Å². The summed E-state index contributed by atoms with van der Waals surface area (Å²) in [5, 5.41) is 14.3. The molecule has 0 saturated carbocycles. The van der Waals surface area contributed by atoms with Crippen LogP contribution in [0.2, 0.25) is 0 Å². The van der Waals surface area contributed by atoms with Crippen molar-refractivity contribution in [3.63, 3.8) is 0 Å². The molecular weight excluding hydrogens is 382 g/mol. The molecule has 0 bridgehead atoms. The van der Waals surface area contributed by atoms with E-state index < -0.39 is 0 Å². The lowest BCUT2D eigenvalue weighted by molar-refractivity contribution is 0.371. The van der Waals surface area contributed by atoms with Crippen LogP contribution in [-0.2, 0) is 6.54 Å². The van der Waals surface area contributed by atoms with E-state index in [9.17, 15) is 5.11 Å². The highest BCUT2D eigenvalue weighted by molar-refractivity contribution is 7.80. The van der Waals surface area contributed by atoms with Gasteiger partial charge in [0.2, 0.25) is 0 Å². The maximum absolute atomic E-state index is 9.93. The van der Waals surface area contributed by atoms with E-state index in [1.807, 2.05) is 66.7 Å². The average molecular weight is 406 g/mol. The van der Waals surface area contributed by atoms with Crippen LogP contribution in [0.5, 0.6) is 11.5 Å². The van der Waals surface area contributed by atoms with E-state index in [1.54, 1.807) is 12.3 Å². The molecule has 29 heavy (non-hydrogen) atoms. The zero-order chi connectivity index (χ0) is 20.6. The number of nitrogens with two attached hydrogens (primary N) is 1. The van der Waals surface area contributed by atoms with Gasteiger partial charge in [-0.25, -0.2) is 0 Å². The Bertz CT molecular complexity index is 1080. The van der Waals surface area contributed by atoms with Crippen LogP contribution >= 0.6 is 12.6 Å². The number of nitrogens with zero attached hydrogens (tertiary/aromatic N) is 1. The maximum Gasteiger partial charge on any atom is 0.162 e. The van der Waals surface area contributed by atoms with Crippen LogP contribution in [0.4, 0.5) is 11.4 Å². The number of nitrogen functional groups attached to an aromatic ring is 1. The van der Waals surface area contributed by atoms with Crippen LogP contribution in [0.25, 0.3) is 10.9 Å². The number of hydrogen-bond donors (Lipinski definition) is 4. The minimum Gasteiger partial charge on any atom is -0.504 e. The summed E-state index contributed by atoms with van der Waals surface area (Å²) < 4.78 is 5.07. The van der Waals surface area contributed by atoms with E-state index in [-0.39, 0.29) is 5.75 Å². The summed E-state index contributed by atoms with van der Waals surface area (Å²) in [7, 11) is 1.54. The fourth-order valence-corrected chi connectivity index (χ4v) is 2.89. The van der Waals surface area contributed by atoms with E-state index in [0.29, 0.717) is 18.0 Å². The molecule has 0 unspecified atom stereocenters. The van der Waals surface area contributed by atoms with Crippen molar-refractivity contribution in [3.8, 4) is 11.5 Å². The molecule has 0 radical (unpaired) electrons. The number of fused-ring (bicyclic) bond motifs is 1. The van der Waals surface area contributed by atoms with Gasteiger partial charge in [0.05, 0.1) is 24.5 Å². The quantitative estimate of drug-likeness (QED) is 0.355. The highest BCUT2D eigenvalue weighted by Gasteiger charge is 2.06. The number of para-hydroxylation sites is 2. The van der Waals surface area contributed by atoms with Gasteiger partial charge in [-0.3, -0.25) is 4.98 Å². The van der Waals surface area contributed by atoms with Gasteiger partial charge in [0.1, 0.15) is 0 Å². The van der Waals surface area contributed by atoms with Crippen LogP contribution in [0.15, 0.2) is 83.9 Å². The molecule has 0 fully saturated rings. The molecule has 0 saturated heterocycles. The van der Waals surface area contributed by atoms with E-state index in [2.05, 4.69) is 22.9 Å². The number of pyridine rings is 1. The third-order valence-corrected chi connectivity index (χ3v) is 4.56. The van der Waals surface area contributed by atoms with Crippen molar-refractivity contribution in [1.82, 2.24) is 4.98 Å². The third-order valence-electron chi connectivity index (χ3n) is 4.26. The molecule has 0 aliphatic carbocycles. The van der Waals surface area contributed by atoms with Crippen molar-refractivity contribution in [2.75, 3.05) is 18.2 Å². The summed E-state index contributed by atoms with van der Waals surface area (Å²) >= 11 is 4.23. The standard InChI is InChI=1S/C14H15NO2S.C9H8N2/c1-17-13-4-2-3-10(14(13)16)9-15-11-5-7-12(18)8-6-11;10-8-5-7-3-1-2-4-9(7)11-6-8/h2-8,15-16,18H,9H2,1H3;1-6H,10H2. The molecule has 0 amide bonds. The second-order valence-corrected chi connectivity index (χ2v) is 6.85. The van der Waals surface area contributed by atoms with Crippen molar-refractivity contribution in [1.29, 1.82) is 0 Å². The second kappa shape index (κ2) is 9.71. The maximum atomic E-state index is 9.93. The molecule has 1 aromatic heterocycles. The molecule has 3 aromatic carbocycles. The number of phenolic OH excluding ortho intramolecular Hbond substituents is 1. The number of aromatic hydroxyl groups is 1. The molecule has 1 heterocycles. The third kappa shape index (κ3) is 5.56. The fourth-order valence-electron chi connectivity index (χ4n) is 2.74. The first kappa shape index (κ1) is 20.4.